The molecular weight excluding hydrogens is 336 g/mol. The molecule has 0 atom stereocenters. The highest BCUT2D eigenvalue weighted by Gasteiger charge is 2.20. The molecule has 3 heterocycles. The Morgan fingerprint density at radius 2 is 2.13 bits per heavy atom. The van der Waals surface area contributed by atoms with Gasteiger partial charge in [-0.1, -0.05) is 28.9 Å². The predicted octanol–water partition coefficient (Wildman–Crippen LogP) is 3.66. The maximum absolute atomic E-state index is 11.9. The van der Waals surface area contributed by atoms with E-state index in [2.05, 4.69) is 20.1 Å². The number of aromatic amines is 1. The number of H-pyrrole nitrogens is 1. The molecule has 0 radical (unpaired) electrons. The number of halogens is 1. The van der Waals surface area contributed by atoms with Gasteiger partial charge in [0.25, 0.3) is 11.4 Å². The van der Waals surface area contributed by atoms with Crippen LogP contribution < -0.4 is 5.56 Å². The first-order valence-electron chi connectivity index (χ1n) is 6.71. The number of rotatable bonds is 2. The predicted molar refractivity (Wildman–Crippen MR) is 88.7 cm³/mol. The quantitative estimate of drug-likeness (QED) is 0.599. The molecule has 0 aliphatic rings. The number of hydrogen-bond donors (Lipinski definition) is 1. The van der Waals surface area contributed by atoms with E-state index in [0.717, 1.165) is 10.4 Å². The van der Waals surface area contributed by atoms with Gasteiger partial charge in [0, 0.05) is 5.56 Å². The van der Waals surface area contributed by atoms with Crippen LogP contribution in [0, 0.1) is 6.92 Å². The monoisotopic (exact) mass is 344 g/mol. The summed E-state index contributed by atoms with van der Waals surface area (Å²) in [7, 11) is 0. The second-order valence-corrected chi connectivity index (χ2v) is 6.28. The second-order valence-electron chi connectivity index (χ2n) is 4.87. The molecule has 1 aromatic carbocycles. The van der Waals surface area contributed by atoms with Crippen LogP contribution in [-0.2, 0) is 0 Å². The smallest absolute Gasteiger partial charge is 0.268 e. The minimum atomic E-state index is -0.180. The molecule has 4 rings (SSSR count). The zero-order valence-corrected chi connectivity index (χ0v) is 13.4. The first-order chi connectivity index (χ1) is 11.1. The van der Waals surface area contributed by atoms with Gasteiger partial charge in [-0.15, -0.1) is 11.3 Å². The molecule has 0 saturated heterocycles. The van der Waals surface area contributed by atoms with Gasteiger partial charge in [0.05, 0.1) is 21.6 Å². The van der Waals surface area contributed by atoms with Crippen LogP contribution in [0.1, 0.15) is 5.56 Å². The van der Waals surface area contributed by atoms with E-state index in [0.29, 0.717) is 32.5 Å². The summed E-state index contributed by atoms with van der Waals surface area (Å²) >= 11 is 7.50. The van der Waals surface area contributed by atoms with Gasteiger partial charge in [0.1, 0.15) is 4.83 Å². The number of nitrogens with one attached hydrogen (secondary N) is 1. The van der Waals surface area contributed by atoms with Crippen molar-refractivity contribution in [1.29, 1.82) is 0 Å². The Hall–Kier alpha value is -2.51. The van der Waals surface area contributed by atoms with Crippen molar-refractivity contribution in [2.75, 3.05) is 0 Å². The van der Waals surface area contributed by atoms with Crippen molar-refractivity contribution in [3.05, 3.63) is 51.5 Å². The van der Waals surface area contributed by atoms with Crippen molar-refractivity contribution in [3.63, 3.8) is 0 Å². The van der Waals surface area contributed by atoms with Gasteiger partial charge in [-0.25, -0.2) is 4.98 Å². The average molecular weight is 345 g/mol. The molecule has 0 aliphatic carbocycles. The molecule has 4 aromatic rings. The van der Waals surface area contributed by atoms with Crippen molar-refractivity contribution < 1.29 is 4.52 Å². The highest BCUT2D eigenvalue weighted by atomic mass is 35.5. The molecule has 0 bridgehead atoms. The molecule has 0 unspecified atom stereocenters. The number of hydrogen-bond acceptors (Lipinski definition) is 6. The molecule has 8 heteroatoms. The van der Waals surface area contributed by atoms with Crippen LogP contribution >= 0.6 is 22.9 Å². The molecule has 0 spiro atoms. The van der Waals surface area contributed by atoms with Gasteiger partial charge >= 0.3 is 0 Å². The minimum absolute atomic E-state index is 0.180. The van der Waals surface area contributed by atoms with Crippen molar-refractivity contribution >= 4 is 33.2 Å². The number of aryl methyl sites for hydroxylation is 1. The van der Waals surface area contributed by atoms with E-state index in [1.807, 2.05) is 25.1 Å². The third kappa shape index (κ3) is 2.25. The van der Waals surface area contributed by atoms with Crippen LogP contribution in [0.5, 0.6) is 0 Å². The molecule has 23 heavy (non-hydrogen) atoms. The third-order valence-corrected chi connectivity index (χ3v) is 4.99. The summed E-state index contributed by atoms with van der Waals surface area (Å²) < 4.78 is 5.36. The molecule has 0 fully saturated rings. The van der Waals surface area contributed by atoms with Crippen LogP contribution in [0.2, 0.25) is 5.02 Å². The Balaban J connectivity index is 1.87. The molecule has 0 amide bonds. The first-order valence-corrected chi connectivity index (χ1v) is 7.90. The lowest BCUT2D eigenvalue weighted by Crippen LogP contribution is -2.05. The summed E-state index contributed by atoms with van der Waals surface area (Å²) in [6, 6.07) is 7.27. The largest absolute Gasteiger partial charge is 0.333 e. The van der Waals surface area contributed by atoms with Crippen molar-refractivity contribution in [2.45, 2.75) is 6.92 Å². The van der Waals surface area contributed by atoms with E-state index in [1.54, 1.807) is 6.07 Å². The van der Waals surface area contributed by atoms with Crippen LogP contribution in [0.25, 0.3) is 32.4 Å². The lowest BCUT2D eigenvalue weighted by molar-refractivity contribution is 0.433. The summed E-state index contributed by atoms with van der Waals surface area (Å²) in [6.07, 6.45) is 1.38. The fourth-order valence-corrected chi connectivity index (χ4v) is 3.64. The van der Waals surface area contributed by atoms with Gasteiger partial charge in [-0.05, 0) is 24.6 Å². The van der Waals surface area contributed by atoms with Gasteiger partial charge in [-0.2, -0.15) is 4.98 Å². The summed E-state index contributed by atoms with van der Waals surface area (Å²) in [5, 5.41) is 5.08. The third-order valence-electron chi connectivity index (χ3n) is 3.47. The van der Waals surface area contributed by atoms with E-state index in [-0.39, 0.29) is 5.56 Å². The van der Waals surface area contributed by atoms with E-state index < -0.39 is 0 Å². The van der Waals surface area contributed by atoms with Gasteiger partial charge in [0.2, 0.25) is 5.82 Å². The number of fused-ring (bicyclic) bond motifs is 1. The Morgan fingerprint density at radius 1 is 1.30 bits per heavy atom. The van der Waals surface area contributed by atoms with Crippen LogP contribution in [0.15, 0.2) is 39.9 Å². The van der Waals surface area contributed by atoms with E-state index in [1.165, 1.54) is 17.7 Å². The van der Waals surface area contributed by atoms with Crippen molar-refractivity contribution in [1.82, 2.24) is 20.1 Å². The van der Waals surface area contributed by atoms with E-state index in [9.17, 15) is 4.79 Å². The molecule has 114 valence electrons. The standard InChI is InChI=1S/C15H9ClN4O2S/c1-7-10-13(21)17-6-18-15(10)23-11(7)14-19-12(20-22-14)8-4-2-3-5-9(8)16/h2-6H,1H3,(H,17,18,21). The fraction of sp³-hybridized carbons (Fsp3) is 0.0667. The van der Waals surface area contributed by atoms with Crippen molar-refractivity contribution in [3.8, 4) is 22.2 Å². The summed E-state index contributed by atoms with van der Waals surface area (Å²) in [5.74, 6) is 0.754. The maximum Gasteiger partial charge on any atom is 0.268 e. The second kappa shape index (κ2) is 5.29. The van der Waals surface area contributed by atoms with Crippen molar-refractivity contribution in [2.24, 2.45) is 0 Å². The van der Waals surface area contributed by atoms with E-state index >= 15 is 0 Å². The number of thiophene rings is 1. The highest BCUT2D eigenvalue weighted by Crippen LogP contribution is 2.36. The molecule has 0 aliphatic heterocycles. The number of aromatic nitrogens is 4. The zero-order chi connectivity index (χ0) is 16.0. The first kappa shape index (κ1) is 14.1. The van der Waals surface area contributed by atoms with Gasteiger partial charge in [0.15, 0.2) is 0 Å². The van der Waals surface area contributed by atoms with E-state index in [4.69, 9.17) is 16.1 Å². The molecular formula is C15H9ClN4O2S. The lowest BCUT2D eigenvalue weighted by Gasteiger charge is -1.96. The molecule has 3 aromatic heterocycles. The Morgan fingerprint density at radius 3 is 2.91 bits per heavy atom. The molecule has 6 nitrogen and oxygen atoms in total. The Bertz CT molecular complexity index is 1080. The minimum Gasteiger partial charge on any atom is -0.333 e. The SMILES string of the molecule is Cc1c(-c2nc(-c3ccccc3Cl)no2)sc2nc[nH]c(=O)c12. The molecule has 1 N–H and O–H groups in total. The molecule has 0 saturated carbocycles. The van der Waals surface area contributed by atoms with Gasteiger partial charge in [-0.3, -0.25) is 4.79 Å². The normalized spacial score (nSPS) is 11.2. The zero-order valence-electron chi connectivity index (χ0n) is 11.8. The number of nitrogens with zero attached hydrogens (tertiary/aromatic N) is 3. The van der Waals surface area contributed by atoms with Crippen LogP contribution in [0.4, 0.5) is 0 Å². The lowest BCUT2D eigenvalue weighted by atomic mass is 10.2. The maximum atomic E-state index is 11.9. The fourth-order valence-electron chi connectivity index (χ4n) is 2.35. The van der Waals surface area contributed by atoms with Crippen LogP contribution in [0.3, 0.4) is 0 Å². The Kier molecular flexibility index (Phi) is 3.24. The average Bonchev–Trinajstić information content (AvgIpc) is 3.13. The number of benzene rings is 1. The topological polar surface area (TPSA) is 84.7 Å². The summed E-state index contributed by atoms with van der Waals surface area (Å²) in [4.78, 5) is 24.5. The Labute approximate surface area is 138 Å². The summed E-state index contributed by atoms with van der Waals surface area (Å²) in [6.45, 7) is 1.84. The van der Waals surface area contributed by atoms with Crippen LogP contribution in [-0.4, -0.2) is 20.1 Å². The van der Waals surface area contributed by atoms with Gasteiger partial charge < -0.3 is 9.51 Å². The summed E-state index contributed by atoms with van der Waals surface area (Å²) in [5.41, 5.74) is 1.29. The highest BCUT2D eigenvalue weighted by molar-refractivity contribution is 7.22.